The summed E-state index contributed by atoms with van der Waals surface area (Å²) in [7, 11) is 0. The Kier molecular flexibility index (Phi) is 3.23. The van der Waals surface area contributed by atoms with Crippen molar-refractivity contribution in [3.05, 3.63) is 83.4 Å². The van der Waals surface area contributed by atoms with Crippen molar-refractivity contribution in [2.24, 2.45) is 0 Å². The Bertz CT molecular complexity index is 755. The van der Waals surface area contributed by atoms with Crippen LogP contribution in [0.3, 0.4) is 0 Å². The molecule has 0 aliphatic heterocycles. The van der Waals surface area contributed by atoms with Crippen molar-refractivity contribution in [3.63, 3.8) is 0 Å². The van der Waals surface area contributed by atoms with Crippen molar-refractivity contribution >= 4 is 10.8 Å². The summed E-state index contributed by atoms with van der Waals surface area (Å²) < 4.78 is 0. The lowest BCUT2D eigenvalue weighted by atomic mass is 9.92. The molecule has 1 atom stereocenters. The van der Waals surface area contributed by atoms with Gasteiger partial charge in [0.05, 0.1) is 0 Å². The molecule has 4 rings (SSSR count). The summed E-state index contributed by atoms with van der Waals surface area (Å²) in [4.78, 5) is 0. The van der Waals surface area contributed by atoms with Crippen LogP contribution in [0.2, 0.25) is 0 Å². The van der Waals surface area contributed by atoms with Gasteiger partial charge in [-0.1, -0.05) is 66.7 Å². The fraction of sp³-hybridized carbons (Fsp3) is 0.238. The standard InChI is InChI=1S/C21H20/c1-2-6-16(7-3-1)10-11-17-12-13-20-14-18-8-4-5-9-19(18)15-21(17)20/h1-9,14-15,17H,10-13H2/t17-/m0/s1. The monoisotopic (exact) mass is 272 g/mol. The van der Waals surface area contributed by atoms with Gasteiger partial charge in [0.15, 0.2) is 0 Å². The molecule has 21 heavy (non-hydrogen) atoms. The normalized spacial score (nSPS) is 17.0. The maximum Gasteiger partial charge on any atom is -0.0153 e. The van der Waals surface area contributed by atoms with Crippen LogP contribution in [0, 0.1) is 0 Å². The fourth-order valence-corrected chi connectivity index (χ4v) is 3.67. The highest BCUT2D eigenvalue weighted by atomic mass is 14.3. The number of fused-ring (bicyclic) bond motifs is 2. The second kappa shape index (κ2) is 5.37. The molecule has 0 heteroatoms. The molecule has 1 aliphatic carbocycles. The van der Waals surface area contributed by atoms with E-state index in [1.165, 1.54) is 42.0 Å². The first-order valence-corrected chi connectivity index (χ1v) is 7.96. The maximum atomic E-state index is 2.44. The number of hydrogen-bond acceptors (Lipinski definition) is 0. The minimum atomic E-state index is 0.741. The lowest BCUT2D eigenvalue weighted by Crippen LogP contribution is -1.96. The molecule has 0 fully saturated rings. The van der Waals surface area contributed by atoms with Gasteiger partial charge in [-0.05, 0) is 59.1 Å². The number of rotatable bonds is 3. The number of hydrogen-bond donors (Lipinski definition) is 0. The average molecular weight is 272 g/mol. The lowest BCUT2D eigenvalue weighted by Gasteiger charge is -2.12. The maximum absolute atomic E-state index is 2.44. The third kappa shape index (κ3) is 2.47. The largest absolute Gasteiger partial charge is 0.0622 e. The molecule has 3 aromatic carbocycles. The highest BCUT2D eigenvalue weighted by molar-refractivity contribution is 5.84. The Balaban J connectivity index is 1.59. The fourth-order valence-electron chi connectivity index (χ4n) is 3.67. The predicted molar refractivity (Wildman–Crippen MR) is 89.8 cm³/mol. The highest BCUT2D eigenvalue weighted by Gasteiger charge is 2.22. The molecule has 3 aromatic rings. The Morgan fingerprint density at radius 1 is 0.810 bits per heavy atom. The molecular weight excluding hydrogens is 252 g/mol. The number of benzene rings is 3. The van der Waals surface area contributed by atoms with E-state index in [-0.39, 0.29) is 0 Å². The van der Waals surface area contributed by atoms with Crippen LogP contribution in [0.1, 0.15) is 35.4 Å². The van der Waals surface area contributed by atoms with Crippen molar-refractivity contribution in [3.8, 4) is 0 Å². The van der Waals surface area contributed by atoms with E-state index >= 15 is 0 Å². The van der Waals surface area contributed by atoms with Crippen molar-refractivity contribution in [2.75, 3.05) is 0 Å². The lowest BCUT2D eigenvalue weighted by molar-refractivity contribution is 0.619. The van der Waals surface area contributed by atoms with E-state index in [1.807, 2.05) is 0 Å². The zero-order chi connectivity index (χ0) is 14.1. The van der Waals surface area contributed by atoms with Gasteiger partial charge in [-0.2, -0.15) is 0 Å². The van der Waals surface area contributed by atoms with Crippen LogP contribution in [0.4, 0.5) is 0 Å². The van der Waals surface area contributed by atoms with Crippen molar-refractivity contribution in [2.45, 2.75) is 31.6 Å². The highest BCUT2D eigenvalue weighted by Crippen LogP contribution is 2.38. The van der Waals surface area contributed by atoms with Crippen LogP contribution in [0.25, 0.3) is 10.8 Å². The molecule has 0 nitrogen and oxygen atoms in total. The molecule has 0 saturated heterocycles. The van der Waals surface area contributed by atoms with Crippen molar-refractivity contribution < 1.29 is 0 Å². The number of aryl methyl sites for hydroxylation is 2. The van der Waals surface area contributed by atoms with Gasteiger partial charge in [0.2, 0.25) is 0 Å². The van der Waals surface area contributed by atoms with E-state index in [9.17, 15) is 0 Å². The van der Waals surface area contributed by atoms with Gasteiger partial charge < -0.3 is 0 Å². The summed E-state index contributed by atoms with van der Waals surface area (Å²) in [6.45, 7) is 0. The van der Waals surface area contributed by atoms with Crippen LogP contribution >= 0.6 is 0 Å². The van der Waals surface area contributed by atoms with E-state index in [2.05, 4.69) is 66.7 Å². The molecule has 0 N–H and O–H groups in total. The van der Waals surface area contributed by atoms with Gasteiger partial charge in [0.1, 0.15) is 0 Å². The molecule has 0 radical (unpaired) electrons. The predicted octanol–water partition coefficient (Wildman–Crippen LogP) is 5.50. The first-order valence-electron chi connectivity index (χ1n) is 7.96. The zero-order valence-electron chi connectivity index (χ0n) is 12.3. The molecule has 0 spiro atoms. The molecule has 1 aliphatic rings. The van der Waals surface area contributed by atoms with Gasteiger partial charge >= 0.3 is 0 Å². The van der Waals surface area contributed by atoms with Crippen LogP contribution in [0.15, 0.2) is 66.7 Å². The molecule has 0 unspecified atom stereocenters. The summed E-state index contributed by atoms with van der Waals surface area (Å²) >= 11 is 0. The second-order valence-corrected chi connectivity index (χ2v) is 6.16. The molecule has 0 aromatic heterocycles. The van der Waals surface area contributed by atoms with E-state index in [4.69, 9.17) is 0 Å². The Hall–Kier alpha value is -2.08. The van der Waals surface area contributed by atoms with E-state index < -0.39 is 0 Å². The smallest absolute Gasteiger partial charge is 0.0153 e. The molecule has 0 amide bonds. The zero-order valence-corrected chi connectivity index (χ0v) is 12.3. The van der Waals surface area contributed by atoms with E-state index in [1.54, 1.807) is 11.1 Å². The Morgan fingerprint density at radius 2 is 1.52 bits per heavy atom. The molecule has 0 saturated carbocycles. The quantitative estimate of drug-likeness (QED) is 0.590. The SMILES string of the molecule is c1ccc(CC[C@H]2CCc3cc4ccccc4cc32)cc1. The van der Waals surface area contributed by atoms with Gasteiger partial charge in [-0.15, -0.1) is 0 Å². The van der Waals surface area contributed by atoms with Gasteiger partial charge in [-0.3, -0.25) is 0 Å². The summed E-state index contributed by atoms with van der Waals surface area (Å²) in [5.41, 5.74) is 4.64. The summed E-state index contributed by atoms with van der Waals surface area (Å²) in [5, 5.41) is 2.78. The van der Waals surface area contributed by atoms with Crippen molar-refractivity contribution in [1.82, 2.24) is 0 Å². The molecule has 0 heterocycles. The van der Waals surface area contributed by atoms with Crippen LogP contribution in [0.5, 0.6) is 0 Å². The van der Waals surface area contributed by atoms with Gasteiger partial charge in [0.25, 0.3) is 0 Å². The molecular formula is C21H20. The first-order chi connectivity index (χ1) is 10.4. The average Bonchev–Trinajstić information content (AvgIpc) is 2.94. The Morgan fingerprint density at radius 3 is 2.33 bits per heavy atom. The summed E-state index contributed by atoms with van der Waals surface area (Å²) in [6, 6.07) is 24.5. The molecule has 104 valence electrons. The van der Waals surface area contributed by atoms with Gasteiger partial charge in [0, 0.05) is 0 Å². The second-order valence-electron chi connectivity index (χ2n) is 6.16. The summed E-state index contributed by atoms with van der Waals surface area (Å²) in [6.07, 6.45) is 5.03. The molecule has 0 bridgehead atoms. The third-order valence-electron chi connectivity index (χ3n) is 4.83. The van der Waals surface area contributed by atoms with Crippen LogP contribution < -0.4 is 0 Å². The van der Waals surface area contributed by atoms with Crippen LogP contribution in [-0.2, 0) is 12.8 Å². The minimum absolute atomic E-state index is 0.741. The van der Waals surface area contributed by atoms with Crippen LogP contribution in [-0.4, -0.2) is 0 Å². The minimum Gasteiger partial charge on any atom is -0.0622 e. The first kappa shape index (κ1) is 12.6. The summed E-state index contributed by atoms with van der Waals surface area (Å²) in [5.74, 6) is 0.741. The van der Waals surface area contributed by atoms with Gasteiger partial charge in [-0.25, -0.2) is 0 Å². The Labute approximate surface area is 126 Å². The topological polar surface area (TPSA) is 0 Å². The third-order valence-corrected chi connectivity index (χ3v) is 4.83. The van der Waals surface area contributed by atoms with Crippen molar-refractivity contribution in [1.29, 1.82) is 0 Å². The van der Waals surface area contributed by atoms with E-state index in [0.717, 1.165) is 5.92 Å². The van der Waals surface area contributed by atoms with E-state index in [0.29, 0.717) is 0 Å².